The van der Waals surface area contributed by atoms with Gasteiger partial charge in [0.05, 0.1) is 6.10 Å². The van der Waals surface area contributed by atoms with Gasteiger partial charge in [0, 0.05) is 17.2 Å². The zero-order valence-electron chi connectivity index (χ0n) is 7.57. The third kappa shape index (κ3) is 1.23. The second-order valence-electron chi connectivity index (χ2n) is 3.51. The average Bonchev–Trinajstić information content (AvgIpc) is 2.12. The van der Waals surface area contributed by atoms with Crippen LogP contribution in [0.25, 0.3) is 6.08 Å². The lowest BCUT2D eigenvalue weighted by Gasteiger charge is -2.23. The van der Waals surface area contributed by atoms with Crippen molar-refractivity contribution >= 4 is 11.8 Å². The fraction of sp³-hybridized carbons (Fsp3) is 0.273. The molecule has 1 aliphatic rings. The number of hydrogen-bond donors (Lipinski definition) is 2. The van der Waals surface area contributed by atoms with E-state index in [9.17, 15) is 5.11 Å². The number of aliphatic hydroxyl groups is 1. The number of hydrogen-bond acceptors (Lipinski definition) is 2. The van der Waals surface area contributed by atoms with E-state index in [1.807, 2.05) is 37.3 Å². The number of nitrogens with two attached hydrogens (primary N) is 1. The highest BCUT2D eigenvalue weighted by Crippen LogP contribution is 2.35. The molecule has 0 spiro atoms. The Morgan fingerprint density at radius 2 is 2.15 bits per heavy atom. The molecule has 0 aromatic heterocycles. The lowest BCUT2D eigenvalue weighted by molar-refractivity contribution is 0.139. The fourth-order valence-electron chi connectivity index (χ4n) is 1.71. The smallest absolute Gasteiger partial charge is 0.0875 e. The van der Waals surface area contributed by atoms with E-state index in [0.717, 1.165) is 11.1 Å². The molecule has 0 saturated carbocycles. The van der Waals surface area contributed by atoms with Gasteiger partial charge in [-0.15, -0.1) is 0 Å². The maximum atomic E-state index is 9.88. The molecule has 0 amide bonds. The predicted octanol–water partition coefficient (Wildman–Crippen LogP) is 1.97. The standard InChI is InChI=1S/C11H13NO/c1-7-5-6-8-3-2-4-9(12)10(8)11(7)13/h2-7,11,13H,12H2,1H3/t7-,11+/m0/s1. The van der Waals surface area contributed by atoms with Crippen LogP contribution in [0, 0.1) is 5.92 Å². The second kappa shape index (κ2) is 2.89. The summed E-state index contributed by atoms with van der Waals surface area (Å²) in [5.74, 6) is 0.150. The number of benzene rings is 1. The monoisotopic (exact) mass is 175 g/mol. The van der Waals surface area contributed by atoms with Crippen molar-refractivity contribution in [2.24, 2.45) is 5.92 Å². The van der Waals surface area contributed by atoms with E-state index in [-0.39, 0.29) is 5.92 Å². The van der Waals surface area contributed by atoms with Crippen molar-refractivity contribution in [3.8, 4) is 0 Å². The molecule has 68 valence electrons. The van der Waals surface area contributed by atoms with Gasteiger partial charge >= 0.3 is 0 Å². The van der Waals surface area contributed by atoms with Crippen molar-refractivity contribution in [1.82, 2.24) is 0 Å². The quantitative estimate of drug-likeness (QED) is 0.592. The second-order valence-corrected chi connectivity index (χ2v) is 3.51. The van der Waals surface area contributed by atoms with Crippen LogP contribution >= 0.6 is 0 Å². The minimum atomic E-state index is -0.457. The first kappa shape index (κ1) is 8.32. The molecule has 0 heterocycles. The van der Waals surface area contributed by atoms with Crippen LogP contribution in [0.3, 0.4) is 0 Å². The normalized spacial score (nSPS) is 25.7. The largest absolute Gasteiger partial charge is 0.398 e. The van der Waals surface area contributed by atoms with Crippen molar-refractivity contribution in [1.29, 1.82) is 0 Å². The van der Waals surface area contributed by atoms with Crippen LogP contribution in [-0.2, 0) is 0 Å². The van der Waals surface area contributed by atoms with Crippen LogP contribution in [0.4, 0.5) is 5.69 Å². The summed E-state index contributed by atoms with van der Waals surface area (Å²) in [7, 11) is 0. The summed E-state index contributed by atoms with van der Waals surface area (Å²) >= 11 is 0. The Morgan fingerprint density at radius 1 is 1.38 bits per heavy atom. The van der Waals surface area contributed by atoms with Gasteiger partial charge in [-0.25, -0.2) is 0 Å². The van der Waals surface area contributed by atoms with Gasteiger partial charge in [0.15, 0.2) is 0 Å². The van der Waals surface area contributed by atoms with Crippen molar-refractivity contribution < 1.29 is 5.11 Å². The van der Waals surface area contributed by atoms with E-state index < -0.39 is 6.10 Å². The van der Waals surface area contributed by atoms with Crippen LogP contribution in [0.1, 0.15) is 24.2 Å². The summed E-state index contributed by atoms with van der Waals surface area (Å²) in [5, 5.41) is 9.88. The molecule has 1 aromatic rings. The SMILES string of the molecule is C[C@H]1C=Cc2cccc(N)c2[C@@H]1O. The third-order valence-corrected chi connectivity index (χ3v) is 2.55. The molecule has 0 aliphatic heterocycles. The van der Waals surface area contributed by atoms with Gasteiger partial charge in [-0.3, -0.25) is 0 Å². The van der Waals surface area contributed by atoms with Crippen molar-refractivity contribution in [2.75, 3.05) is 5.73 Å². The molecule has 3 N–H and O–H groups in total. The van der Waals surface area contributed by atoms with Crippen LogP contribution in [0.2, 0.25) is 0 Å². The Bertz CT molecular complexity index is 357. The maximum Gasteiger partial charge on any atom is 0.0875 e. The van der Waals surface area contributed by atoms with E-state index in [1.165, 1.54) is 0 Å². The molecule has 2 atom stereocenters. The summed E-state index contributed by atoms with van der Waals surface area (Å²) < 4.78 is 0. The Balaban J connectivity index is 2.60. The zero-order valence-corrected chi connectivity index (χ0v) is 7.57. The van der Waals surface area contributed by atoms with Crippen LogP contribution in [0.15, 0.2) is 24.3 Å². The molecule has 0 radical (unpaired) electrons. The molecule has 1 aromatic carbocycles. The lowest BCUT2D eigenvalue weighted by Crippen LogP contribution is -2.13. The topological polar surface area (TPSA) is 46.2 Å². The van der Waals surface area contributed by atoms with E-state index in [2.05, 4.69) is 0 Å². The summed E-state index contributed by atoms with van der Waals surface area (Å²) in [5.41, 5.74) is 8.39. The third-order valence-electron chi connectivity index (χ3n) is 2.55. The minimum Gasteiger partial charge on any atom is -0.398 e. The van der Waals surface area contributed by atoms with Gasteiger partial charge < -0.3 is 10.8 Å². The summed E-state index contributed by atoms with van der Waals surface area (Å²) in [6.45, 7) is 1.98. The molecular formula is C11H13NO. The van der Waals surface area contributed by atoms with Crippen LogP contribution in [0.5, 0.6) is 0 Å². The van der Waals surface area contributed by atoms with Crippen molar-refractivity contribution in [3.05, 3.63) is 35.4 Å². The van der Waals surface area contributed by atoms with Crippen molar-refractivity contribution in [2.45, 2.75) is 13.0 Å². The number of nitrogen functional groups attached to an aromatic ring is 1. The van der Waals surface area contributed by atoms with E-state index in [4.69, 9.17) is 5.73 Å². The van der Waals surface area contributed by atoms with E-state index in [0.29, 0.717) is 5.69 Å². The molecule has 2 nitrogen and oxygen atoms in total. The summed E-state index contributed by atoms with van der Waals surface area (Å²) in [6, 6.07) is 5.70. The highest BCUT2D eigenvalue weighted by atomic mass is 16.3. The first-order valence-electron chi connectivity index (χ1n) is 4.45. The molecule has 0 saturated heterocycles. The highest BCUT2D eigenvalue weighted by Gasteiger charge is 2.22. The van der Waals surface area contributed by atoms with Crippen LogP contribution in [-0.4, -0.2) is 5.11 Å². The summed E-state index contributed by atoms with van der Waals surface area (Å²) in [4.78, 5) is 0. The number of rotatable bonds is 0. The van der Waals surface area contributed by atoms with Gasteiger partial charge in [0.25, 0.3) is 0 Å². The summed E-state index contributed by atoms with van der Waals surface area (Å²) in [6.07, 6.45) is 3.57. The fourth-order valence-corrected chi connectivity index (χ4v) is 1.71. The first-order chi connectivity index (χ1) is 6.20. The number of anilines is 1. The minimum absolute atomic E-state index is 0.150. The Kier molecular flexibility index (Phi) is 1.85. The number of fused-ring (bicyclic) bond motifs is 1. The van der Waals surface area contributed by atoms with Gasteiger partial charge in [0.2, 0.25) is 0 Å². The van der Waals surface area contributed by atoms with Gasteiger partial charge in [-0.05, 0) is 11.6 Å². The lowest BCUT2D eigenvalue weighted by atomic mass is 9.87. The van der Waals surface area contributed by atoms with Gasteiger partial charge in [-0.1, -0.05) is 31.2 Å². The Morgan fingerprint density at radius 3 is 2.92 bits per heavy atom. The molecule has 0 bridgehead atoms. The average molecular weight is 175 g/mol. The number of aliphatic hydroxyl groups excluding tert-OH is 1. The molecule has 0 fully saturated rings. The van der Waals surface area contributed by atoms with Crippen molar-refractivity contribution in [3.63, 3.8) is 0 Å². The van der Waals surface area contributed by atoms with Gasteiger partial charge in [0.1, 0.15) is 0 Å². The molecule has 2 rings (SSSR count). The zero-order chi connectivity index (χ0) is 9.42. The maximum absolute atomic E-state index is 9.88. The Labute approximate surface area is 77.7 Å². The molecule has 0 unspecified atom stereocenters. The predicted molar refractivity (Wildman–Crippen MR) is 54.0 cm³/mol. The molecule has 2 heteroatoms. The van der Waals surface area contributed by atoms with Gasteiger partial charge in [-0.2, -0.15) is 0 Å². The van der Waals surface area contributed by atoms with E-state index >= 15 is 0 Å². The Hall–Kier alpha value is -1.28. The molecular weight excluding hydrogens is 162 g/mol. The first-order valence-corrected chi connectivity index (χ1v) is 4.45. The molecule has 13 heavy (non-hydrogen) atoms. The van der Waals surface area contributed by atoms with E-state index in [1.54, 1.807) is 0 Å². The highest BCUT2D eigenvalue weighted by molar-refractivity contribution is 5.66. The van der Waals surface area contributed by atoms with Crippen LogP contribution < -0.4 is 5.73 Å². The molecule has 1 aliphatic carbocycles.